The fourth-order valence-electron chi connectivity index (χ4n) is 1.09. The Kier molecular flexibility index (Phi) is 5.15. The summed E-state index contributed by atoms with van der Waals surface area (Å²) < 4.78 is 81.2. The molecule has 5 nitrogen and oxygen atoms in total. The van der Waals surface area contributed by atoms with Crippen LogP contribution in [0.5, 0.6) is 0 Å². The van der Waals surface area contributed by atoms with E-state index in [1.165, 1.54) is 13.8 Å². The van der Waals surface area contributed by atoms with Crippen molar-refractivity contribution in [3.05, 3.63) is 12.7 Å². The Morgan fingerprint density at radius 1 is 1.05 bits per heavy atom. The molecule has 0 aliphatic carbocycles. The number of carbonyl (C=O) groups is 1. The summed E-state index contributed by atoms with van der Waals surface area (Å²) in [6, 6.07) is 0. The first-order valence-electron chi connectivity index (χ1n) is 5.64. The molecular formula is C11H17F3O5S2. The molecule has 0 bridgehead atoms. The molecule has 124 valence electrons. The van der Waals surface area contributed by atoms with Crippen LogP contribution in [0.25, 0.3) is 0 Å². The number of rotatable bonds is 6. The van der Waals surface area contributed by atoms with Crippen molar-refractivity contribution in [1.29, 1.82) is 0 Å². The van der Waals surface area contributed by atoms with Gasteiger partial charge in [0.15, 0.2) is 19.7 Å². The van der Waals surface area contributed by atoms with Gasteiger partial charge < -0.3 is 0 Å². The van der Waals surface area contributed by atoms with Gasteiger partial charge in [0.05, 0.1) is 0 Å². The highest BCUT2D eigenvalue weighted by atomic mass is 32.3. The van der Waals surface area contributed by atoms with Crippen molar-refractivity contribution in [2.24, 2.45) is 5.41 Å². The van der Waals surface area contributed by atoms with Crippen molar-refractivity contribution in [3.8, 4) is 0 Å². The molecule has 0 aliphatic rings. The first kappa shape index (κ1) is 20.1. The number of carbonyl (C=O) groups excluding carboxylic acids is 1. The number of hydrogen-bond acceptors (Lipinski definition) is 5. The summed E-state index contributed by atoms with van der Waals surface area (Å²) in [5.41, 5.74) is -7.04. The molecule has 0 aromatic heterocycles. The number of ketones is 1. The van der Waals surface area contributed by atoms with E-state index in [-0.39, 0.29) is 0 Å². The summed E-state index contributed by atoms with van der Waals surface area (Å²) in [5.74, 6) is -2.27. The van der Waals surface area contributed by atoms with Gasteiger partial charge in [0.1, 0.15) is 5.75 Å². The molecule has 0 atom stereocenters. The molecule has 0 saturated heterocycles. The zero-order valence-corrected chi connectivity index (χ0v) is 13.6. The minimum atomic E-state index is -6.00. The number of hydrogen-bond donors (Lipinski definition) is 0. The Balaban J connectivity index is 5.86. The molecule has 0 spiro atoms. The van der Waals surface area contributed by atoms with E-state index < -0.39 is 46.2 Å². The van der Waals surface area contributed by atoms with E-state index in [0.29, 0.717) is 13.8 Å². The van der Waals surface area contributed by atoms with Crippen molar-refractivity contribution in [2.75, 3.05) is 5.75 Å². The minimum absolute atomic E-state index is 0.416. The molecule has 0 unspecified atom stereocenters. The molecule has 0 N–H and O–H groups in total. The van der Waals surface area contributed by atoms with Gasteiger partial charge in [-0.25, -0.2) is 16.8 Å². The molecule has 0 rings (SSSR count). The van der Waals surface area contributed by atoms with Crippen molar-refractivity contribution < 1.29 is 34.8 Å². The van der Waals surface area contributed by atoms with Crippen LogP contribution in [0.4, 0.5) is 13.2 Å². The van der Waals surface area contributed by atoms with E-state index in [1.807, 2.05) is 0 Å². The van der Waals surface area contributed by atoms with Crippen LogP contribution in [0.3, 0.4) is 0 Å². The highest BCUT2D eigenvalue weighted by molar-refractivity contribution is 8.10. The SMILES string of the molecule is C=CC(C)(C)C(=O)CS(=O)(=O)C(C)(C)S(=O)(=O)C(F)(F)F. The maximum absolute atomic E-state index is 12.5. The van der Waals surface area contributed by atoms with Crippen LogP contribution in [0, 0.1) is 5.41 Å². The van der Waals surface area contributed by atoms with Crippen molar-refractivity contribution in [2.45, 2.75) is 37.3 Å². The van der Waals surface area contributed by atoms with Crippen molar-refractivity contribution >= 4 is 25.5 Å². The van der Waals surface area contributed by atoms with E-state index in [0.717, 1.165) is 6.08 Å². The predicted octanol–water partition coefficient (Wildman–Crippen LogP) is 1.85. The molecule has 0 aromatic rings. The van der Waals surface area contributed by atoms with E-state index in [1.54, 1.807) is 0 Å². The molecule has 0 aliphatic heterocycles. The zero-order valence-electron chi connectivity index (χ0n) is 12.0. The Hall–Kier alpha value is -0.900. The fraction of sp³-hybridized carbons (Fsp3) is 0.727. The molecule has 0 saturated carbocycles. The van der Waals surface area contributed by atoms with Crippen LogP contribution in [-0.2, 0) is 24.5 Å². The quantitative estimate of drug-likeness (QED) is 0.683. The molecule has 0 heterocycles. The van der Waals surface area contributed by atoms with Crippen molar-refractivity contribution in [3.63, 3.8) is 0 Å². The van der Waals surface area contributed by atoms with Crippen molar-refractivity contribution in [1.82, 2.24) is 0 Å². The second kappa shape index (κ2) is 5.38. The average molecular weight is 350 g/mol. The van der Waals surface area contributed by atoms with Crippen LogP contribution >= 0.6 is 0 Å². The lowest BCUT2D eigenvalue weighted by atomic mass is 9.89. The number of sulfone groups is 2. The van der Waals surface area contributed by atoms with Crippen LogP contribution in [-0.4, -0.2) is 38.0 Å². The summed E-state index contributed by atoms with van der Waals surface area (Å²) in [7, 11) is -10.9. The summed E-state index contributed by atoms with van der Waals surface area (Å²) in [4.78, 5) is 11.8. The van der Waals surface area contributed by atoms with Gasteiger partial charge in [-0.15, -0.1) is 6.58 Å². The van der Waals surface area contributed by atoms with Gasteiger partial charge in [0.2, 0.25) is 0 Å². The number of allylic oxidation sites excluding steroid dienone is 1. The summed E-state index contributed by atoms with van der Waals surface area (Å²) in [6.45, 7) is 6.80. The van der Waals surface area contributed by atoms with E-state index in [9.17, 15) is 34.8 Å². The largest absolute Gasteiger partial charge is 0.498 e. The molecule has 10 heteroatoms. The monoisotopic (exact) mass is 350 g/mol. The van der Waals surface area contributed by atoms with Crippen LogP contribution < -0.4 is 0 Å². The number of alkyl halides is 3. The second-order valence-corrected chi connectivity index (χ2v) is 10.7. The van der Waals surface area contributed by atoms with Crippen LogP contribution in [0.1, 0.15) is 27.7 Å². The molecular weight excluding hydrogens is 333 g/mol. The molecule has 0 fully saturated rings. The van der Waals surface area contributed by atoms with Crippen LogP contribution in [0.2, 0.25) is 0 Å². The van der Waals surface area contributed by atoms with Gasteiger partial charge in [-0.05, 0) is 27.7 Å². The van der Waals surface area contributed by atoms with Gasteiger partial charge >= 0.3 is 5.51 Å². The Bertz CT molecular complexity index is 640. The molecule has 0 aromatic carbocycles. The summed E-state index contributed by atoms with van der Waals surface area (Å²) in [5, 5.41) is 0. The van der Waals surface area contributed by atoms with E-state index in [4.69, 9.17) is 0 Å². The lowest BCUT2D eigenvalue weighted by molar-refractivity contribution is -0.122. The van der Waals surface area contributed by atoms with Crippen LogP contribution in [0.15, 0.2) is 12.7 Å². The van der Waals surface area contributed by atoms with E-state index in [2.05, 4.69) is 6.58 Å². The number of Topliss-reactive ketones (excluding diaryl/α,β-unsaturated/α-hetero) is 1. The standard InChI is InChI=1S/C11H17F3O5S2/c1-6-9(2,3)8(15)7-20(16,17)10(4,5)21(18,19)11(12,13)14/h6H,1,7H2,2-5H3. The zero-order chi connectivity index (χ0) is 17.5. The Labute approximate surface area is 122 Å². The highest BCUT2D eigenvalue weighted by Crippen LogP contribution is 2.37. The molecule has 21 heavy (non-hydrogen) atoms. The third kappa shape index (κ3) is 3.47. The second-order valence-electron chi connectivity index (χ2n) is 5.46. The lowest BCUT2D eigenvalue weighted by Crippen LogP contribution is -2.50. The maximum atomic E-state index is 12.5. The predicted molar refractivity (Wildman–Crippen MR) is 71.8 cm³/mol. The lowest BCUT2D eigenvalue weighted by Gasteiger charge is -2.27. The first-order valence-corrected chi connectivity index (χ1v) is 8.77. The summed E-state index contributed by atoms with van der Waals surface area (Å²) in [6.07, 6.45) is 1.14. The Morgan fingerprint density at radius 3 is 1.71 bits per heavy atom. The third-order valence-corrected chi connectivity index (χ3v) is 8.71. The van der Waals surface area contributed by atoms with Gasteiger partial charge in [0.25, 0.3) is 9.84 Å². The smallest absolute Gasteiger partial charge is 0.298 e. The molecule has 0 radical (unpaired) electrons. The first-order chi connectivity index (χ1) is 8.94. The average Bonchev–Trinajstić information content (AvgIpc) is 2.26. The topological polar surface area (TPSA) is 85.3 Å². The summed E-state index contributed by atoms with van der Waals surface area (Å²) >= 11 is 0. The van der Waals surface area contributed by atoms with E-state index >= 15 is 0 Å². The van der Waals surface area contributed by atoms with Gasteiger partial charge in [0, 0.05) is 5.41 Å². The highest BCUT2D eigenvalue weighted by Gasteiger charge is 2.61. The van der Waals surface area contributed by atoms with Gasteiger partial charge in [-0.2, -0.15) is 13.2 Å². The number of halogens is 3. The minimum Gasteiger partial charge on any atom is -0.298 e. The maximum Gasteiger partial charge on any atom is 0.498 e. The Morgan fingerprint density at radius 2 is 1.43 bits per heavy atom. The van der Waals surface area contributed by atoms with Gasteiger partial charge in [-0.3, -0.25) is 4.79 Å². The fourth-order valence-corrected chi connectivity index (χ4v) is 4.51. The van der Waals surface area contributed by atoms with Gasteiger partial charge in [-0.1, -0.05) is 6.08 Å². The normalized spacial score (nSPS) is 14.8. The third-order valence-electron chi connectivity index (χ3n) is 3.25. The molecule has 0 amide bonds.